The van der Waals surface area contributed by atoms with Gasteiger partial charge >= 0.3 is 11.8 Å². The van der Waals surface area contributed by atoms with Crippen molar-refractivity contribution in [2.24, 2.45) is 0 Å². The molecule has 0 atom stereocenters. The number of aromatic amines is 1. The lowest BCUT2D eigenvalue weighted by atomic mass is 10.0. The Bertz CT molecular complexity index is 908. The second-order valence-corrected chi connectivity index (χ2v) is 5.74. The number of para-hydroxylation sites is 1. The van der Waals surface area contributed by atoms with Crippen LogP contribution < -0.4 is 10.6 Å². The minimum Gasteiger partial charge on any atom is -0.318 e. The summed E-state index contributed by atoms with van der Waals surface area (Å²) in [7, 11) is 0. The van der Waals surface area contributed by atoms with Gasteiger partial charge in [-0.15, -0.1) is 0 Å². The van der Waals surface area contributed by atoms with Gasteiger partial charge in [0.15, 0.2) is 0 Å². The van der Waals surface area contributed by atoms with Crippen LogP contribution in [-0.2, 0) is 22.4 Å². The SMILES string of the molecule is CCc1cccc(CC)c1NC(=O)C(=O)Nc1ccc2cn[nH]c2c1. The predicted octanol–water partition coefficient (Wildman–Crippen LogP) is 3.26. The molecular weight excluding hydrogens is 316 g/mol. The number of aromatic nitrogens is 2. The monoisotopic (exact) mass is 336 g/mol. The molecule has 1 aromatic heterocycles. The van der Waals surface area contributed by atoms with Crippen molar-refractivity contribution in [3.63, 3.8) is 0 Å². The lowest BCUT2D eigenvalue weighted by Gasteiger charge is -2.14. The van der Waals surface area contributed by atoms with Crippen molar-refractivity contribution in [3.05, 3.63) is 53.7 Å². The number of carbonyl (C=O) groups excluding carboxylic acids is 2. The van der Waals surface area contributed by atoms with E-state index >= 15 is 0 Å². The van der Waals surface area contributed by atoms with Gasteiger partial charge in [-0.3, -0.25) is 14.7 Å². The molecule has 0 aliphatic rings. The van der Waals surface area contributed by atoms with Crippen molar-refractivity contribution in [2.75, 3.05) is 10.6 Å². The first-order chi connectivity index (χ1) is 12.1. The average Bonchev–Trinajstić information content (AvgIpc) is 3.09. The summed E-state index contributed by atoms with van der Waals surface area (Å²) >= 11 is 0. The predicted molar refractivity (Wildman–Crippen MR) is 98.6 cm³/mol. The number of H-pyrrole nitrogens is 1. The zero-order valence-corrected chi connectivity index (χ0v) is 14.2. The van der Waals surface area contributed by atoms with Crippen LogP contribution in [0.2, 0.25) is 0 Å². The Labute approximate surface area is 145 Å². The average molecular weight is 336 g/mol. The molecule has 0 spiro atoms. The third-order valence-corrected chi connectivity index (χ3v) is 4.14. The van der Waals surface area contributed by atoms with Crippen LogP contribution >= 0.6 is 0 Å². The van der Waals surface area contributed by atoms with E-state index < -0.39 is 11.8 Å². The number of anilines is 2. The third kappa shape index (κ3) is 3.52. The number of benzene rings is 2. The first kappa shape index (κ1) is 16.7. The van der Waals surface area contributed by atoms with E-state index in [1.165, 1.54) is 0 Å². The number of hydrogen-bond acceptors (Lipinski definition) is 3. The zero-order valence-electron chi connectivity index (χ0n) is 14.2. The summed E-state index contributed by atoms with van der Waals surface area (Å²) in [5, 5.41) is 13.1. The highest BCUT2D eigenvalue weighted by Gasteiger charge is 2.17. The van der Waals surface area contributed by atoms with E-state index in [1.54, 1.807) is 18.3 Å². The number of rotatable bonds is 4. The highest BCUT2D eigenvalue weighted by molar-refractivity contribution is 6.43. The molecular formula is C19H20N4O2. The van der Waals surface area contributed by atoms with Gasteiger partial charge in [-0.2, -0.15) is 5.10 Å². The third-order valence-electron chi connectivity index (χ3n) is 4.14. The number of fused-ring (bicyclic) bond motifs is 1. The lowest BCUT2D eigenvalue weighted by Crippen LogP contribution is -2.29. The Balaban J connectivity index is 1.76. The Morgan fingerprint density at radius 2 is 1.68 bits per heavy atom. The van der Waals surface area contributed by atoms with E-state index in [4.69, 9.17) is 0 Å². The molecule has 6 nitrogen and oxygen atoms in total. The van der Waals surface area contributed by atoms with Gasteiger partial charge in [0.2, 0.25) is 0 Å². The van der Waals surface area contributed by atoms with Crippen LogP contribution in [0.25, 0.3) is 10.9 Å². The number of nitrogens with zero attached hydrogens (tertiary/aromatic N) is 1. The number of amides is 2. The smallest absolute Gasteiger partial charge is 0.314 e. The molecule has 0 aliphatic heterocycles. The second-order valence-electron chi connectivity index (χ2n) is 5.74. The van der Waals surface area contributed by atoms with Crippen LogP contribution in [0.4, 0.5) is 11.4 Å². The van der Waals surface area contributed by atoms with Crippen molar-refractivity contribution in [1.82, 2.24) is 10.2 Å². The van der Waals surface area contributed by atoms with Gasteiger partial charge in [0.25, 0.3) is 0 Å². The van der Waals surface area contributed by atoms with Crippen molar-refractivity contribution < 1.29 is 9.59 Å². The van der Waals surface area contributed by atoms with Crippen LogP contribution in [0.15, 0.2) is 42.6 Å². The molecule has 128 valence electrons. The van der Waals surface area contributed by atoms with E-state index in [-0.39, 0.29) is 0 Å². The molecule has 25 heavy (non-hydrogen) atoms. The van der Waals surface area contributed by atoms with Gasteiger partial charge in [-0.25, -0.2) is 0 Å². The maximum atomic E-state index is 12.3. The minimum absolute atomic E-state index is 0.538. The topological polar surface area (TPSA) is 86.9 Å². The van der Waals surface area contributed by atoms with E-state index in [2.05, 4.69) is 20.8 Å². The molecule has 0 unspecified atom stereocenters. The maximum Gasteiger partial charge on any atom is 0.314 e. The van der Waals surface area contributed by atoms with E-state index in [0.717, 1.165) is 40.6 Å². The molecule has 6 heteroatoms. The van der Waals surface area contributed by atoms with E-state index in [1.807, 2.05) is 38.1 Å². The Kier molecular flexibility index (Phi) is 4.79. The number of carbonyl (C=O) groups is 2. The molecule has 0 saturated heterocycles. The summed E-state index contributed by atoms with van der Waals surface area (Å²) < 4.78 is 0. The maximum absolute atomic E-state index is 12.3. The van der Waals surface area contributed by atoms with E-state index in [0.29, 0.717) is 5.69 Å². The first-order valence-electron chi connectivity index (χ1n) is 8.28. The van der Waals surface area contributed by atoms with Crippen molar-refractivity contribution in [1.29, 1.82) is 0 Å². The molecule has 0 saturated carbocycles. The highest BCUT2D eigenvalue weighted by Crippen LogP contribution is 2.23. The summed E-state index contributed by atoms with van der Waals surface area (Å²) in [4.78, 5) is 24.6. The van der Waals surface area contributed by atoms with Crippen LogP contribution in [-0.4, -0.2) is 22.0 Å². The molecule has 3 N–H and O–H groups in total. The Morgan fingerprint density at radius 3 is 2.36 bits per heavy atom. The van der Waals surface area contributed by atoms with Gasteiger partial charge in [0, 0.05) is 16.8 Å². The Morgan fingerprint density at radius 1 is 1.00 bits per heavy atom. The fraction of sp³-hybridized carbons (Fsp3) is 0.211. The molecule has 3 aromatic rings. The second kappa shape index (κ2) is 7.17. The molecule has 0 aliphatic carbocycles. The molecule has 2 aromatic carbocycles. The highest BCUT2D eigenvalue weighted by atomic mass is 16.2. The summed E-state index contributed by atoms with van der Waals surface area (Å²) in [6.45, 7) is 4.04. The lowest BCUT2D eigenvalue weighted by molar-refractivity contribution is -0.133. The number of hydrogen-bond donors (Lipinski definition) is 3. The molecule has 0 fully saturated rings. The summed E-state index contributed by atoms with van der Waals surface area (Å²) in [6.07, 6.45) is 3.25. The largest absolute Gasteiger partial charge is 0.318 e. The summed E-state index contributed by atoms with van der Waals surface area (Å²) in [6, 6.07) is 11.2. The van der Waals surface area contributed by atoms with Crippen molar-refractivity contribution in [2.45, 2.75) is 26.7 Å². The van der Waals surface area contributed by atoms with Crippen LogP contribution in [0.1, 0.15) is 25.0 Å². The van der Waals surface area contributed by atoms with Gasteiger partial charge in [0.1, 0.15) is 0 Å². The van der Waals surface area contributed by atoms with Crippen LogP contribution in [0.3, 0.4) is 0 Å². The summed E-state index contributed by atoms with van der Waals surface area (Å²) in [5.74, 6) is -1.38. The number of aryl methyl sites for hydroxylation is 2. The Hall–Kier alpha value is -3.15. The molecule has 1 heterocycles. The first-order valence-corrected chi connectivity index (χ1v) is 8.28. The fourth-order valence-electron chi connectivity index (χ4n) is 2.78. The van der Waals surface area contributed by atoms with Crippen LogP contribution in [0.5, 0.6) is 0 Å². The van der Waals surface area contributed by atoms with Crippen molar-refractivity contribution in [3.8, 4) is 0 Å². The molecule has 0 radical (unpaired) electrons. The summed E-state index contributed by atoms with van der Waals surface area (Å²) in [5.41, 5.74) is 4.09. The standard InChI is InChI=1S/C19H20N4O2/c1-3-12-6-5-7-13(4-2)17(12)22-19(25)18(24)21-15-9-8-14-11-20-23-16(14)10-15/h5-11H,3-4H2,1-2H3,(H,20,23)(H,21,24)(H,22,25). The normalized spacial score (nSPS) is 10.6. The van der Waals surface area contributed by atoms with Gasteiger partial charge < -0.3 is 10.6 Å². The van der Waals surface area contributed by atoms with Gasteiger partial charge in [-0.1, -0.05) is 32.0 Å². The molecule has 0 bridgehead atoms. The van der Waals surface area contributed by atoms with Gasteiger partial charge in [0.05, 0.1) is 11.7 Å². The van der Waals surface area contributed by atoms with Crippen LogP contribution in [0, 0.1) is 0 Å². The number of nitrogens with one attached hydrogen (secondary N) is 3. The zero-order chi connectivity index (χ0) is 17.8. The molecule has 2 amide bonds. The molecule has 3 rings (SSSR count). The van der Waals surface area contributed by atoms with E-state index in [9.17, 15) is 9.59 Å². The fourth-order valence-corrected chi connectivity index (χ4v) is 2.78. The quantitative estimate of drug-likeness (QED) is 0.639. The minimum atomic E-state index is -0.702. The van der Waals surface area contributed by atoms with Gasteiger partial charge in [-0.05, 0) is 42.2 Å². The van der Waals surface area contributed by atoms with Crippen molar-refractivity contribution >= 4 is 34.1 Å².